The Morgan fingerprint density at radius 3 is 2.11 bits per heavy atom. The molecule has 0 spiro atoms. The third-order valence-electron chi connectivity index (χ3n) is 13.1. The predicted octanol–water partition coefficient (Wildman–Crippen LogP) is 0.206. The Bertz CT molecular complexity index is 1960. The van der Waals surface area contributed by atoms with E-state index in [1.165, 1.54) is 31.0 Å². The largest absolute Gasteiger partial charge is 0.508 e. The second-order valence-electron chi connectivity index (χ2n) is 18.7. The highest BCUT2D eigenvalue weighted by Gasteiger charge is 2.52. The average molecular weight is 927 g/mol. The van der Waals surface area contributed by atoms with Crippen LogP contribution in [0.1, 0.15) is 106 Å². The van der Waals surface area contributed by atoms with Crippen molar-refractivity contribution in [3.63, 3.8) is 0 Å². The molecule has 66 heavy (non-hydrogen) atoms. The molecule has 0 aromatic heterocycles. The maximum Gasteiger partial charge on any atom is 0.329 e. The number of aliphatic hydroxyl groups is 1. The van der Waals surface area contributed by atoms with Crippen LogP contribution in [0, 0.1) is 23.7 Å². The van der Waals surface area contributed by atoms with Gasteiger partial charge in [-0.25, -0.2) is 4.79 Å². The number of benzene rings is 1. The van der Waals surface area contributed by atoms with E-state index in [1.54, 1.807) is 46.8 Å². The molecule has 366 valence electrons. The summed E-state index contributed by atoms with van der Waals surface area (Å²) in [5, 5.41) is 32.3. The SMILES string of the molecule is CC[C@H](C)[C@@H]1NC(=O)[C@H](Cc2ccc(O)cc2)N(C)C(=O)[C@H]([C@@H](C)CC)N2C(=O)C(CCC2O)NC(=O)[C@H](CC(C)C)NC(=O)[C@@H]2C(OC1=O)C(C)CN2C(=O)[C@H](CCC(N)=O)NC(C)=O. The Labute approximate surface area is 386 Å². The number of hydrogen-bond acceptors (Lipinski definition) is 12. The molecule has 1 aromatic carbocycles. The molecule has 3 heterocycles. The number of rotatable bonds is 13. The number of amides is 8. The van der Waals surface area contributed by atoms with Crippen LogP contribution in [0.15, 0.2) is 24.3 Å². The molecule has 4 rings (SSSR count). The van der Waals surface area contributed by atoms with Gasteiger partial charge in [0.1, 0.15) is 60.4 Å². The Kier molecular flexibility index (Phi) is 18.5. The van der Waals surface area contributed by atoms with E-state index in [4.69, 9.17) is 10.5 Å². The number of nitrogens with one attached hydrogen (secondary N) is 4. The van der Waals surface area contributed by atoms with Crippen LogP contribution in [-0.2, 0) is 54.3 Å². The predicted molar refractivity (Wildman–Crippen MR) is 239 cm³/mol. The number of likely N-dealkylation sites (tertiary alicyclic amines) is 1. The molecule has 3 aliphatic rings. The molecule has 0 aliphatic carbocycles. The Morgan fingerprint density at radius 2 is 1.53 bits per heavy atom. The summed E-state index contributed by atoms with van der Waals surface area (Å²) in [5.41, 5.74) is 5.93. The second kappa shape index (κ2) is 23.1. The normalized spacial score (nSPS) is 28.4. The Morgan fingerprint density at radius 1 is 0.894 bits per heavy atom. The van der Waals surface area contributed by atoms with Crippen molar-refractivity contribution in [1.29, 1.82) is 0 Å². The summed E-state index contributed by atoms with van der Waals surface area (Å²) in [6.45, 7) is 13.3. The van der Waals surface area contributed by atoms with Gasteiger partial charge >= 0.3 is 5.97 Å². The first kappa shape index (κ1) is 52.8. The first-order chi connectivity index (χ1) is 31.0. The van der Waals surface area contributed by atoms with E-state index in [9.17, 15) is 53.4 Å². The lowest BCUT2D eigenvalue weighted by atomic mass is 9.91. The van der Waals surface area contributed by atoms with Gasteiger partial charge < -0.3 is 56.7 Å². The molecule has 3 saturated heterocycles. The van der Waals surface area contributed by atoms with Crippen molar-refractivity contribution in [2.75, 3.05) is 13.6 Å². The number of piperidine rings is 1. The van der Waals surface area contributed by atoms with Gasteiger partial charge in [-0.05, 0) is 61.1 Å². The van der Waals surface area contributed by atoms with Crippen molar-refractivity contribution in [2.45, 2.75) is 161 Å². The molecule has 8 N–H and O–H groups in total. The average Bonchev–Trinajstić information content (AvgIpc) is 3.58. The van der Waals surface area contributed by atoms with Gasteiger partial charge in [0.25, 0.3) is 0 Å². The highest BCUT2D eigenvalue weighted by Crippen LogP contribution is 2.31. The van der Waals surface area contributed by atoms with E-state index in [1.807, 2.05) is 13.8 Å². The highest BCUT2D eigenvalue weighted by molar-refractivity contribution is 5.98. The number of phenols is 1. The van der Waals surface area contributed by atoms with E-state index >= 15 is 0 Å². The van der Waals surface area contributed by atoms with Gasteiger partial charge in [0, 0.05) is 39.3 Å². The number of aromatic hydroxyl groups is 1. The lowest BCUT2D eigenvalue weighted by Crippen LogP contribution is -2.66. The number of phenolic OH excluding ortho intramolecular Hbond substituents is 1. The van der Waals surface area contributed by atoms with E-state index in [0.29, 0.717) is 18.4 Å². The minimum absolute atomic E-state index is 0.0129. The van der Waals surface area contributed by atoms with E-state index < -0.39 is 126 Å². The van der Waals surface area contributed by atoms with Crippen LogP contribution in [-0.4, -0.2) is 146 Å². The van der Waals surface area contributed by atoms with Crippen LogP contribution >= 0.6 is 0 Å². The lowest BCUT2D eigenvalue weighted by Gasteiger charge is -2.44. The van der Waals surface area contributed by atoms with Gasteiger partial charge in [0.15, 0.2) is 0 Å². The van der Waals surface area contributed by atoms with E-state index in [0.717, 1.165) is 9.80 Å². The molecule has 0 saturated carbocycles. The zero-order valence-corrected chi connectivity index (χ0v) is 39.6. The molecule has 20 heteroatoms. The number of esters is 1. The van der Waals surface area contributed by atoms with E-state index in [-0.39, 0.29) is 56.7 Å². The summed E-state index contributed by atoms with van der Waals surface area (Å²) in [6, 6.07) is -3.48. The topological polar surface area (TPSA) is 287 Å². The molecule has 2 bridgehead atoms. The van der Waals surface area contributed by atoms with Crippen molar-refractivity contribution < 1.29 is 58.1 Å². The van der Waals surface area contributed by atoms with Crippen molar-refractivity contribution >= 4 is 53.2 Å². The Hall–Kier alpha value is -5.79. The summed E-state index contributed by atoms with van der Waals surface area (Å²) in [6.07, 6.45) is -2.68. The molecule has 3 aliphatic heterocycles. The quantitative estimate of drug-likeness (QED) is 0.131. The molecule has 8 amide bonds. The molecular weight excluding hydrogens is 857 g/mol. The number of fused-ring (bicyclic) bond motifs is 3. The smallest absolute Gasteiger partial charge is 0.329 e. The van der Waals surface area contributed by atoms with Gasteiger partial charge in [-0.2, -0.15) is 0 Å². The van der Waals surface area contributed by atoms with Gasteiger partial charge in [-0.1, -0.05) is 73.4 Å². The van der Waals surface area contributed by atoms with Crippen molar-refractivity contribution in [3.05, 3.63) is 29.8 Å². The van der Waals surface area contributed by atoms with Crippen LogP contribution in [0.25, 0.3) is 0 Å². The summed E-state index contributed by atoms with van der Waals surface area (Å²) < 4.78 is 6.19. The van der Waals surface area contributed by atoms with Crippen molar-refractivity contribution in [1.82, 2.24) is 36.0 Å². The Balaban J connectivity index is 1.93. The molecular formula is C46H70N8O12. The molecule has 1 aromatic rings. The maximum atomic E-state index is 14.9. The number of hydrogen-bond donors (Lipinski definition) is 7. The summed E-state index contributed by atoms with van der Waals surface area (Å²) in [5.74, 6) is -9.06. The van der Waals surface area contributed by atoms with Crippen molar-refractivity contribution in [2.24, 2.45) is 29.4 Å². The minimum atomic E-state index is -1.59. The lowest BCUT2D eigenvalue weighted by molar-refractivity contribution is -0.168. The zero-order valence-electron chi connectivity index (χ0n) is 39.6. The molecule has 20 nitrogen and oxygen atoms in total. The number of nitrogens with zero attached hydrogens (tertiary/aromatic N) is 3. The first-order valence-electron chi connectivity index (χ1n) is 23.0. The van der Waals surface area contributed by atoms with Crippen LogP contribution in [0.2, 0.25) is 0 Å². The third kappa shape index (κ3) is 12.8. The summed E-state index contributed by atoms with van der Waals surface area (Å²) in [7, 11) is 1.39. The summed E-state index contributed by atoms with van der Waals surface area (Å²) in [4.78, 5) is 130. The fourth-order valence-corrected chi connectivity index (χ4v) is 8.91. The van der Waals surface area contributed by atoms with Crippen LogP contribution in [0.5, 0.6) is 5.75 Å². The monoisotopic (exact) mass is 927 g/mol. The number of carbonyl (C=O) groups excluding carboxylic acids is 9. The maximum absolute atomic E-state index is 14.9. The van der Waals surface area contributed by atoms with E-state index in [2.05, 4.69) is 21.3 Å². The fraction of sp³-hybridized carbons (Fsp3) is 0.674. The second-order valence-corrected chi connectivity index (χ2v) is 18.7. The fourth-order valence-electron chi connectivity index (χ4n) is 8.91. The number of primary amides is 1. The van der Waals surface area contributed by atoms with Gasteiger partial charge in [-0.3, -0.25) is 38.4 Å². The van der Waals surface area contributed by atoms with Gasteiger partial charge in [0.2, 0.25) is 47.3 Å². The third-order valence-corrected chi connectivity index (χ3v) is 13.1. The molecule has 4 unspecified atom stereocenters. The number of aliphatic hydroxyl groups excluding tert-OH is 1. The van der Waals surface area contributed by atoms with Crippen LogP contribution in [0.3, 0.4) is 0 Å². The number of likely N-dealkylation sites (N-methyl/N-ethyl adjacent to an activating group) is 1. The number of nitrogens with two attached hydrogens (primary N) is 1. The molecule has 12 atom stereocenters. The minimum Gasteiger partial charge on any atom is -0.508 e. The molecule has 0 radical (unpaired) electrons. The summed E-state index contributed by atoms with van der Waals surface area (Å²) >= 11 is 0. The standard InChI is InChI=1S/C46H70N8O12/c1-10-24(5)36-46(65)66-39-26(7)22-53(43(62)30(48-27(8)55)16-18-34(47)57)38(39)42(61)50-32(20-23(3)4)40(59)49-31-17-19-35(58)54(44(31)63)37(25(6)11-2)45(64)52(9)33(41(60)51-36)21-28-12-14-29(56)15-13-28/h12-15,23-26,30-33,35-39,56,58H,10-11,16-22H2,1-9H3,(H2,47,57)(H,48,55)(H,49,59)(H,50,61)(H,51,60)/t24-,25-,26?,30-,31?,32-,33-,35?,36-,37-,38-,39?/m0/s1. The highest BCUT2D eigenvalue weighted by atomic mass is 16.5. The van der Waals surface area contributed by atoms with Gasteiger partial charge in [0.05, 0.1) is 0 Å². The van der Waals surface area contributed by atoms with Crippen LogP contribution in [0.4, 0.5) is 0 Å². The first-order valence-corrected chi connectivity index (χ1v) is 23.0. The van der Waals surface area contributed by atoms with Gasteiger partial charge in [-0.15, -0.1) is 0 Å². The molecule has 3 fully saturated rings. The number of ether oxygens (including phenoxy) is 1. The van der Waals surface area contributed by atoms with Crippen LogP contribution < -0.4 is 27.0 Å². The number of carbonyl (C=O) groups is 9. The zero-order chi connectivity index (χ0) is 49.3. The van der Waals surface area contributed by atoms with Crippen molar-refractivity contribution in [3.8, 4) is 5.75 Å².